The second-order valence-corrected chi connectivity index (χ2v) is 8.36. The van der Waals surface area contributed by atoms with Crippen LogP contribution in [-0.2, 0) is 14.3 Å². The van der Waals surface area contributed by atoms with Gasteiger partial charge in [0.05, 0.1) is 13.2 Å². The fourth-order valence-corrected chi connectivity index (χ4v) is 4.24. The lowest BCUT2D eigenvalue weighted by molar-refractivity contribution is -0.122. The molecule has 2 rings (SSSR count). The van der Waals surface area contributed by atoms with Gasteiger partial charge in [-0.2, -0.15) is 0 Å². The van der Waals surface area contributed by atoms with Gasteiger partial charge in [0.25, 0.3) is 0 Å². The van der Waals surface area contributed by atoms with Gasteiger partial charge in [0.1, 0.15) is 0 Å². The van der Waals surface area contributed by atoms with Crippen LogP contribution in [0.4, 0.5) is 0 Å². The fraction of sp³-hybridized carbons (Fsp3) is 0.810. The van der Waals surface area contributed by atoms with Crippen molar-refractivity contribution in [1.82, 2.24) is 15.5 Å². The fourth-order valence-electron chi connectivity index (χ4n) is 4.24. The second-order valence-electron chi connectivity index (χ2n) is 8.36. The van der Waals surface area contributed by atoms with Crippen LogP contribution in [0.25, 0.3) is 0 Å². The number of morpholine rings is 1. The van der Waals surface area contributed by atoms with E-state index in [0.717, 1.165) is 39.3 Å². The van der Waals surface area contributed by atoms with Crippen LogP contribution in [0.1, 0.15) is 40.5 Å². The van der Waals surface area contributed by atoms with Crippen LogP contribution in [0.3, 0.4) is 0 Å². The van der Waals surface area contributed by atoms with Gasteiger partial charge >= 0.3 is 0 Å². The molecule has 3 unspecified atom stereocenters. The van der Waals surface area contributed by atoms with Crippen LogP contribution >= 0.6 is 0 Å². The summed E-state index contributed by atoms with van der Waals surface area (Å²) in [4.78, 5) is 26.0. The molecule has 1 aliphatic heterocycles. The Hall–Kier alpha value is -1.40. The average Bonchev–Trinajstić information content (AvgIpc) is 2.62. The SMILES string of the molecule is CC(=O)NCC1C=C(C)C(CC(=O)NCCN2CCOCC2)CC1C(C)C. The maximum atomic E-state index is 12.4. The normalized spacial score (nSPS) is 26.6. The van der Waals surface area contributed by atoms with Gasteiger partial charge in [-0.15, -0.1) is 0 Å². The monoisotopic (exact) mass is 379 g/mol. The largest absolute Gasteiger partial charge is 0.379 e. The Labute approximate surface area is 164 Å². The Morgan fingerprint density at radius 3 is 2.59 bits per heavy atom. The van der Waals surface area contributed by atoms with Crippen LogP contribution in [-0.4, -0.2) is 62.7 Å². The molecule has 27 heavy (non-hydrogen) atoms. The van der Waals surface area contributed by atoms with Crippen molar-refractivity contribution in [2.75, 3.05) is 45.9 Å². The number of amides is 2. The number of carbonyl (C=O) groups is 2. The Morgan fingerprint density at radius 1 is 1.26 bits per heavy atom. The maximum absolute atomic E-state index is 12.4. The highest BCUT2D eigenvalue weighted by atomic mass is 16.5. The summed E-state index contributed by atoms with van der Waals surface area (Å²) in [5.74, 6) is 1.84. The molecule has 6 nitrogen and oxygen atoms in total. The van der Waals surface area contributed by atoms with Crippen molar-refractivity contribution in [3.05, 3.63) is 11.6 Å². The van der Waals surface area contributed by atoms with Gasteiger partial charge in [-0.25, -0.2) is 0 Å². The summed E-state index contributed by atoms with van der Waals surface area (Å²) in [7, 11) is 0. The van der Waals surface area contributed by atoms with E-state index in [1.165, 1.54) is 5.57 Å². The smallest absolute Gasteiger partial charge is 0.220 e. The number of nitrogens with one attached hydrogen (secondary N) is 2. The number of hydrogen-bond donors (Lipinski definition) is 2. The number of carbonyl (C=O) groups excluding carboxylic acids is 2. The quantitative estimate of drug-likeness (QED) is 0.631. The van der Waals surface area contributed by atoms with Gasteiger partial charge in [-0.3, -0.25) is 14.5 Å². The molecule has 0 radical (unpaired) electrons. The lowest BCUT2D eigenvalue weighted by Crippen LogP contribution is -2.42. The zero-order chi connectivity index (χ0) is 19.8. The van der Waals surface area contributed by atoms with E-state index < -0.39 is 0 Å². The number of allylic oxidation sites excluding steroid dienone is 1. The predicted molar refractivity (Wildman–Crippen MR) is 107 cm³/mol. The molecule has 6 heteroatoms. The molecular weight excluding hydrogens is 342 g/mol. The van der Waals surface area contributed by atoms with Crippen LogP contribution in [0.15, 0.2) is 11.6 Å². The molecule has 0 saturated carbocycles. The Bertz CT molecular complexity index is 527. The predicted octanol–water partition coefficient (Wildman–Crippen LogP) is 1.82. The first-order chi connectivity index (χ1) is 12.9. The van der Waals surface area contributed by atoms with Gasteiger partial charge in [0, 0.05) is 46.1 Å². The van der Waals surface area contributed by atoms with Crippen molar-refractivity contribution in [2.45, 2.75) is 40.5 Å². The van der Waals surface area contributed by atoms with Gasteiger partial charge in [-0.1, -0.05) is 25.5 Å². The summed E-state index contributed by atoms with van der Waals surface area (Å²) >= 11 is 0. The topological polar surface area (TPSA) is 70.7 Å². The van der Waals surface area contributed by atoms with E-state index >= 15 is 0 Å². The highest BCUT2D eigenvalue weighted by molar-refractivity contribution is 5.76. The zero-order valence-corrected chi connectivity index (χ0v) is 17.4. The number of hydrogen-bond acceptors (Lipinski definition) is 4. The minimum Gasteiger partial charge on any atom is -0.379 e. The summed E-state index contributed by atoms with van der Waals surface area (Å²) in [6, 6.07) is 0. The highest BCUT2D eigenvalue weighted by Gasteiger charge is 2.32. The Balaban J connectivity index is 1.82. The first-order valence-corrected chi connectivity index (χ1v) is 10.4. The summed E-state index contributed by atoms with van der Waals surface area (Å²) in [5.41, 5.74) is 1.28. The van der Waals surface area contributed by atoms with E-state index in [-0.39, 0.29) is 11.8 Å². The lowest BCUT2D eigenvalue weighted by atomic mass is 9.69. The molecule has 0 spiro atoms. The zero-order valence-electron chi connectivity index (χ0n) is 17.4. The molecule has 2 amide bonds. The van der Waals surface area contributed by atoms with E-state index in [2.05, 4.69) is 42.4 Å². The van der Waals surface area contributed by atoms with Crippen LogP contribution in [0.5, 0.6) is 0 Å². The molecule has 0 aromatic rings. The van der Waals surface area contributed by atoms with Crippen molar-refractivity contribution in [2.24, 2.45) is 23.7 Å². The third kappa shape index (κ3) is 7.26. The molecule has 1 aliphatic carbocycles. The van der Waals surface area contributed by atoms with Crippen LogP contribution in [0, 0.1) is 23.7 Å². The summed E-state index contributed by atoms with van der Waals surface area (Å²) in [6.07, 6.45) is 3.86. The summed E-state index contributed by atoms with van der Waals surface area (Å²) in [6.45, 7) is 13.9. The standard InChI is InChI=1S/C21H37N3O3/c1-15(2)20-12-18(16(3)11-19(20)14-23-17(4)25)13-21(26)22-5-6-24-7-9-27-10-8-24/h11,15,18-20H,5-10,12-14H2,1-4H3,(H,22,26)(H,23,25). The van der Waals surface area contributed by atoms with E-state index in [9.17, 15) is 9.59 Å². The van der Waals surface area contributed by atoms with Crippen molar-refractivity contribution in [3.8, 4) is 0 Å². The molecule has 1 heterocycles. The number of rotatable bonds is 8. The lowest BCUT2D eigenvalue weighted by Gasteiger charge is -2.37. The van der Waals surface area contributed by atoms with Gasteiger partial charge in [-0.05, 0) is 37.0 Å². The Morgan fingerprint density at radius 2 is 1.96 bits per heavy atom. The van der Waals surface area contributed by atoms with E-state index in [0.29, 0.717) is 43.2 Å². The van der Waals surface area contributed by atoms with Crippen LogP contribution in [0.2, 0.25) is 0 Å². The molecule has 1 saturated heterocycles. The number of nitrogens with zero attached hydrogens (tertiary/aromatic N) is 1. The summed E-state index contributed by atoms with van der Waals surface area (Å²) in [5, 5.41) is 6.05. The summed E-state index contributed by atoms with van der Waals surface area (Å²) < 4.78 is 5.35. The highest BCUT2D eigenvalue weighted by Crippen LogP contribution is 2.38. The molecule has 0 aromatic heterocycles. The van der Waals surface area contributed by atoms with Gasteiger partial charge in [0.2, 0.25) is 11.8 Å². The third-order valence-electron chi connectivity index (χ3n) is 5.96. The molecule has 2 N–H and O–H groups in total. The molecule has 1 fully saturated rings. The van der Waals surface area contributed by atoms with Crippen molar-refractivity contribution >= 4 is 11.8 Å². The second kappa shape index (κ2) is 10.8. The minimum atomic E-state index is 0.0188. The van der Waals surface area contributed by atoms with Crippen molar-refractivity contribution in [3.63, 3.8) is 0 Å². The Kier molecular flexibility index (Phi) is 8.77. The van der Waals surface area contributed by atoms with Crippen molar-refractivity contribution < 1.29 is 14.3 Å². The van der Waals surface area contributed by atoms with E-state index in [1.807, 2.05) is 0 Å². The number of ether oxygens (including phenoxy) is 1. The molecule has 0 aromatic carbocycles. The maximum Gasteiger partial charge on any atom is 0.220 e. The van der Waals surface area contributed by atoms with Crippen molar-refractivity contribution in [1.29, 1.82) is 0 Å². The first-order valence-electron chi connectivity index (χ1n) is 10.4. The van der Waals surface area contributed by atoms with E-state index in [4.69, 9.17) is 4.74 Å². The van der Waals surface area contributed by atoms with E-state index in [1.54, 1.807) is 6.92 Å². The molecule has 2 aliphatic rings. The van der Waals surface area contributed by atoms with Gasteiger partial charge < -0.3 is 15.4 Å². The molecule has 154 valence electrons. The third-order valence-corrected chi connectivity index (χ3v) is 5.96. The van der Waals surface area contributed by atoms with Gasteiger partial charge in [0.15, 0.2) is 0 Å². The molecule has 0 bridgehead atoms. The molecular formula is C21H37N3O3. The minimum absolute atomic E-state index is 0.0188. The first kappa shape index (κ1) is 21.9. The van der Waals surface area contributed by atoms with Crippen LogP contribution < -0.4 is 10.6 Å². The molecule has 3 atom stereocenters. The average molecular weight is 380 g/mol.